The highest BCUT2D eigenvalue weighted by molar-refractivity contribution is 5.80. The van der Waals surface area contributed by atoms with E-state index >= 15 is 0 Å². The van der Waals surface area contributed by atoms with E-state index in [4.69, 9.17) is 14.3 Å². The van der Waals surface area contributed by atoms with Crippen LogP contribution in [-0.2, 0) is 24.9 Å². The highest BCUT2D eigenvalue weighted by Gasteiger charge is 2.20. The van der Waals surface area contributed by atoms with Crippen LogP contribution in [0.15, 0.2) is 21.8 Å². The number of piperazine rings is 1. The van der Waals surface area contributed by atoms with Gasteiger partial charge in [-0.1, -0.05) is 5.16 Å². The summed E-state index contributed by atoms with van der Waals surface area (Å²) in [6.45, 7) is 8.54. The first-order chi connectivity index (χ1) is 13.7. The summed E-state index contributed by atoms with van der Waals surface area (Å²) in [5.74, 6) is 2.66. The third-order valence-corrected chi connectivity index (χ3v) is 4.91. The first-order valence-corrected chi connectivity index (χ1v) is 9.66. The van der Waals surface area contributed by atoms with Gasteiger partial charge >= 0.3 is 0 Å². The number of nitrogens with zero attached hydrogens (tertiary/aromatic N) is 7. The molecule has 0 aromatic carbocycles. The molecule has 0 radical (unpaired) electrons. The monoisotopic (exact) mass is 390 g/mol. The molecule has 1 N–H and O–H groups in total. The van der Waals surface area contributed by atoms with Gasteiger partial charge in [-0.2, -0.15) is 0 Å². The summed E-state index contributed by atoms with van der Waals surface area (Å²) in [5, 5.41) is 15.8. The number of aliphatic imine (C=N–C) groups is 1. The fourth-order valence-electron chi connectivity index (χ4n) is 3.08. The van der Waals surface area contributed by atoms with E-state index in [1.807, 2.05) is 24.6 Å². The topological polar surface area (TPSA) is 96.8 Å². The van der Waals surface area contributed by atoms with Gasteiger partial charge in [0.1, 0.15) is 18.6 Å². The normalized spacial score (nSPS) is 16.0. The Morgan fingerprint density at radius 2 is 2.11 bits per heavy atom. The lowest BCUT2D eigenvalue weighted by molar-refractivity contribution is 0.168. The average molecular weight is 390 g/mol. The molecule has 0 spiro atoms. The average Bonchev–Trinajstić information content (AvgIpc) is 3.33. The van der Waals surface area contributed by atoms with Crippen LogP contribution in [0.5, 0.6) is 0 Å². The van der Waals surface area contributed by atoms with Crippen LogP contribution in [0.4, 0.5) is 0 Å². The molecule has 10 heteroatoms. The fourth-order valence-corrected chi connectivity index (χ4v) is 3.08. The third kappa shape index (κ3) is 5.52. The summed E-state index contributed by atoms with van der Waals surface area (Å²) < 4.78 is 12.0. The lowest BCUT2D eigenvalue weighted by Crippen LogP contribution is -2.52. The molecule has 0 aliphatic carbocycles. The van der Waals surface area contributed by atoms with E-state index in [-0.39, 0.29) is 0 Å². The number of methoxy groups -OCH3 is 1. The number of rotatable bonds is 8. The maximum Gasteiger partial charge on any atom is 0.194 e. The summed E-state index contributed by atoms with van der Waals surface area (Å²) in [7, 11) is 3.69. The van der Waals surface area contributed by atoms with Crippen molar-refractivity contribution in [3.63, 3.8) is 0 Å². The van der Waals surface area contributed by atoms with Crippen molar-refractivity contribution < 1.29 is 9.26 Å². The second-order valence-electron chi connectivity index (χ2n) is 6.89. The van der Waals surface area contributed by atoms with Crippen LogP contribution < -0.4 is 5.32 Å². The number of guanidine groups is 1. The van der Waals surface area contributed by atoms with Crippen LogP contribution in [0.25, 0.3) is 0 Å². The summed E-state index contributed by atoms with van der Waals surface area (Å²) >= 11 is 0. The lowest BCUT2D eigenvalue weighted by Gasteiger charge is -2.36. The molecule has 1 fully saturated rings. The highest BCUT2D eigenvalue weighted by atomic mass is 16.5. The number of hydrogen-bond donors (Lipinski definition) is 1. The van der Waals surface area contributed by atoms with E-state index < -0.39 is 0 Å². The van der Waals surface area contributed by atoms with Gasteiger partial charge in [0.05, 0.1) is 5.69 Å². The van der Waals surface area contributed by atoms with E-state index in [9.17, 15) is 0 Å². The van der Waals surface area contributed by atoms with E-state index in [2.05, 4.69) is 30.5 Å². The molecule has 2 aromatic heterocycles. The molecular formula is C18H30N8O2. The van der Waals surface area contributed by atoms with Gasteiger partial charge < -0.3 is 24.0 Å². The Bertz CT molecular complexity index is 735. The predicted molar refractivity (Wildman–Crippen MR) is 105 cm³/mol. The SMILES string of the molecule is COCCCNC(=NCc1nnc(C)n1C)N1CCN(Cc2ccon2)CC1. The highest BCUT2D eigenvalue weighted by Crippen LogP contribution is 2.08. The van der Waals surface area contributed by atoms with Gasteiger partial charge in [0, 0.05) is 66.1 Å². The molecule has 1 saturated heterocycles. The van der Waals surface area contributed by atoms with Gasteiger partial charge in [0.15, 0.2) is 11.8 Å². The Kier molecular flexibility index (Phi) is 7.38. The molecule has 0 bridgehead atoms. The molecule has 1 aliphatic rings. The molecule has 3 rings (SSSR count). The van der Waals surface area contributed by atoms with Crippen LogP contribution >= 0.6 is 0 Å². The molecule has 1 aliphatic heterocycles. The molecule has 0 saturated carbocycles. The number of ether oxygens (including phenoxy) is 1. The zero-order chi connectivity index (χ0) is 19.8. The summed E-state index contributed by atoms with van der Waals surface area (Å²) in [5.41, 5.74) is 0.970. The summed E-state index contributed by atoms with van der Waals surface area (Å²) in [4.78, 5) is 9.49. The van der Waals surface area contributed by atoms with Crippen LogP contribution in [0.3, 0.4) is 0 Å². The first-order valence-electron chi connectivity index (χ1n) is 9.66. The van der Waals surface area contributed by atoms with Gasteiger partial charge in [-0.25, -0.2) is 4.99 Å². The van der Waals surface area contributed by atoms with Crippen LogP contribution in [0, 0.1) is 6.92 Å². The van der Waals surface area contributed by atoms with Gasteiger partial charge in [-0.3, -0.25) is 4.90 Å². The van der Waals surface area contributed by atoms with Crippen molar-refractivity contribution in [3.05, 3.63) is 29.7 Å². The molecule has 0 atom stereocenters. The predicted octanol–water partition coefficient (Wildman–Crippen LogP) is 0.411. The largest absolute Gasteiger partial charge is 0.385 e. The lowest BCUT2D eigenvalue weighted by atomic mass is 10.3. The number of hydrogen-bond acceptors (Lipinski definition) is 7. The third-order valence-electron chi connectivity index (χ3n) is 4.91. The Morgan fingerprint density at radius 1 is 1.29 bits per heavy atom. The molecule has 3 heterocycles. The van der Waals surface area contributed by atoms with E-state index in [1.54, 1.807) is 13.4 Å². The number of nitrogens with one attached hydrogen (secondary N) is 1. The molecule has 10 nitrogen and oxygen atoms in total. The molecule has 154 valence electrons. The van der Waals surface area contributed by atoms with Crippen LogP contribution in [0.2, 0.25) is 0 Å². The zero-order valence-electron chi connectivity index (χ0n) is 17.0. The summed E-state index contributed by atoms with van der Waals surface area (Å²) in [6.07, 6.45) is 2.55. The van der Waals surface area contributed by atoms with Crippen LogP contribution in [-0.4, -0.2) is 82.1 Å². The molecule has 0 amide bonds. The number of aromatic nitrogens is 4. The Morgan fingerprint density at radius 3 is 2.75 bits per heavy atom. The van der Waals surface area contributed by atoms with Gasteiger partial charge in [0.25, 0.3) is 0 Å². The molecule has 2 aromatic rings. The quantitative estimate of drug-likeness (QED) is 0.393. The van der Waals surface area contributed by atoms with Crippen molar-refractivity contribution in [2.75, 3.05) is 46.4 Å². The second kappa shape index (κ2) is 10.2. The van der Waals surface area contributed by atoms with Crippen molar-refractivity contribution in [3.8, 4) is 0 Å². The Balaban J connectivity index is 1.58. The molecular weight excluding hydrogens is 360 g/mol. The van der Waals surface area contributed by atoms with E-state index in [1.165, 1.54) is 0 Å². The zero-order valence-corrected chi connectivity index (χ0v) is 17.0. The van der Waals surface area contributed by atoms with Gasteiger partial charge in [-0.05, 0) is 13.3 Å². The van der Waals surface area contributed by atoms with Crippen molar-refractivity contribution in [2.24, 2.45) is 12.0 Å². The molecule has 0 unspecified atom stereocenters. The second-order valence-corrected chi connectivity index (χ2v) is 6.89. The number of aryl methyl sites for hydroxylation is 1. The minimum absolute atomic E-state index is 0.503. The van der Waals surface area contributed by atoms with Gasteiger partial charge in [0.2, 0.25) is 0 Å². The van der Waals surface area contributed by atoms with Crippen molar-refractivity contribution in [1.29, 1.82) is 0 Å². The maximum absolute atomic E-state index is 5.15. The van der Waals surface area contributed by atoms with Crippen molar-refractivity contribution in [1.82, 2.24) is 35.0 Å². The van der Waals surface area contributed by atoms with Crippen molar-refractivity contribution in [2.45, 2.75) is 26.4 Å². The molecule has 28 heavy (non-hydrogen) atoms. The maximum atomic E-state index is 5.15. The van der Waals surface area contributed by atoms with Crippen molar-refractivity contribution >= 4 is 5.96 Å². The van der Waals surface area contributed by atoms with E-state index in [0.29, 0.717) is 6.54 Å². The standard InChI is InChI=1S/C18H30N8O2/c1-15-21-22-17(24(15)2)13-20-18(19-6-4-11-27-3)26-9-7-25(8-10-26)14-16-5-12-28-23-16/h5,12H,4,6-11,13-14H2,1-3H3,(H,19,20). The Labute approximate surface area is 165 Å². The minimum Gasteiger partial charge on any atom is -0.385 e. The van der Waals surface area contributed by atoms with E-state index in [0.717, 1.165) is 75.6 Å². The minimum atomic E-state index is 0.503. The first kappa shape index (κ1) is 20.3. The van der Waals surface area contributed by atoms with Gasteiger partial charge in [-0.15, -0.1) is 10.2 Å². The smallest absolute Gasteiger partial charge is 0.194 e. The van der Waals surface area contributed by atoms with Crippen LogP contribution in [0.1, 0.15) is 23.8 Å². The Hall–Kier alpha value is -2.46. The summed E-state index contributed by atoms with van der Waals surface area (Å²) in [6, 6.07) is 1.92. The fraction of sp³-hybridized carbons (Fsp3) is 0.667.